The van der Waals surface area contributed by atoms with E-state index in [0.29, 0.717) is 6.04 Å². The van der Waals surface area contributed by atoms with Crippen molar-refractivity contribution in [2.45, 2.75) is 25.4 Å². The largest absolute Gasteiger partial charge is 0.346 e. The van der Waals surface area contributed by atoms with E-state index in [0.717, 1.165) is 6.54 Å². The van der Waals surface area contributed by atoms with Gasteiger partial charge >= 0.3 is 0 Å². The number of hydrogen-bond acceptors (Lipinski definition) is 2. The minimum atomic E-state index is 0.712. The predicted molar refractivity (Wildman–Crippen MR) is 80.3 cm³/mol. The van der Waals surface area contributed by atoms with E-state index < -0.39 is 0 Å². The third kappa shape index (κ3) is 2.53. The Labute approximate surface area is 115 Å². The Balaban J connectivity index is 1.73. The lowest BCUT2D eigenvalue weighted by atomic mass is 10.1. The van der Waals surface area contributed by atoms with Gasteiger partial charge in [-0.05, 0) is 37.4 Å². The van der Waals surface area contributed by atoms with Gasteiger partial charge in [-0.25, -0.2) is 0 Å². The highest BCUT2D eigenvalue weighted by molar-refractivity contribution is 5.81. The van der Waals surface area contributed by atoms with Crippen LogP contribution in [0.5, 0.6) is 0 Å². The van der Waals surface area contributed by atoms with Gasteiger partial charge in [0.2, 0.25) is 0 Å². The van der Waals surface area contributed by atoms with Crippen LogP contribution in [0.3, 0.4) is 0 Å². The second-order valence-electron chi connectivity index (χ2n) is 5.59. The first kappa shape index (κ1) is 12.7. The summed E-state index contributed by atoms with van der Waals surface area (Å²) in [7, 11) is 4.25. The van der Waals surface area contributed by atoms with E-state index in [-0.39, 0.29) is 0 Å². The molecular weight excluding hydrogens is 234 g/mol. The summed E-state index contributed by atoms with van der Waals surface area (Å²) in [5.41, 5.74) is 2.76. The number of hydrogen-bond donors (Lipinski definition) is 1. The van der Waals surface area contributed by atoms with Crippen LogP contribution in [0.15, 0.2) is 30.3 Å². The van der Waals surface area contributed by atoms with Crippen molar-refractivity contribution in [3.8, 4) is 0 Å². The van der Waals surface area contributed by atoms with Crippen molar-refractivity contribution in [2.75, 3.05) is 20.1 Å². The molecule has 19 heavy (non-hydrogen) atoms. The average molecular weight is 257 g/mol. The highest BCUT2D eigenvalue weighted by Gasteiger charge is 2.18. The van der Waals surface area contributed by atoms with Gasteiger partial charge in [0.15, 0.2) is 0 Å². The normalized spacial score (nSPS) is 18.2. The van der Waals surface area contributed by atoms with Crippen molar-refractivity contribution in [3.63, 3.8) is 0 Å². The number of fused-ring (bicyclic) bond motifs is 1. The molecule has 3 rings (SSSR count). The molecule has 0 saturated carbocycles. The molecule has 0 aliphatic carbocycles. The Morgan fingerprint density at radius 3 is 2.63 bits per heavy atom. The van der Waals surface area contributed by atoms with Crippen LogP contribution in [-0.4, -0.2) is 35.6 Å². The number of piperidine rings is 1. The van der Waals surface area contributed by atoms with Gasteiger partial charge in [-0.15, -0.1) is 0 Å². The summed E-state index contributed by atoms with van der Waals surface area (Å²) in [4.78, 5) is 2.57. The van der Waals surface area contributed by atoms with Crippen LogP contribution in [0.2, 0.25) is 0 Å². The molecule has 2 heterocycles. The molecule has 0 amide bonds. The lowest BCUT2D eigenvalue weighted by Gasteiger charge is -2.31. The molecule has 1 aromatic carbocycles. The fraction of sp³-hybridized carbons (Fsp3) is 0.500. The molecule has 0 spiro atoms. The number of rotatable bonds is 3. The van der Waals surface area contributed by atoms with Crippen LogP contribution in [0.25, 0.3) is 10.9 Å². The number of benzene rings is 1. The Kier molecular flexibility index (Phi) is 3.58. The van der Waals surface area contributed by atoms with Gasteiger partial charge in [-0.3, -0.25) is 4.90 Å². The van der Waals surface area contributed by atoms with E-state index in [9.17, 15) is 0 Å². The van der Waals surface area contributed by atoms with Crippen molar-refractivity contribution in [3.05, 3.63) is 36.0 Å². The summed E-state index contributed by atoms with van der Waals surface area (Å²) >= 11 is 0. The highest BCUT2D eigenvalue weighted by atomic mass is 15.2. The van der Waals surface area contributed by atoms with Crippen LogP contribution in [0.1, 0.15) is 18.5 Å². The van der Waals surface area contributed by atoms with Crippen molar-refractivity contribution in [1.29, 1.82) is 0 Å². The zero-order valence-electron chi connectivity index (χ0n) is 11.9. The lowest BCUT2D eigenvalue weighted by molar-refractivity contribution is 0.191. The minimum Gasteiger partial charge on any atom is -0.346 e. The maximum Gasteiger partial charge on any atom is 0.0480 e. The SMILES string of the molecule is CNC1CCN(Cc2cc3ccccc3n2C)CC1. The van der Waals surface area contributed by atoms with E-state index in [1.54, 1.807) is 0 Å². The second-order valence-corrected chi connectivity index (χ2v) is 5.59. The van der Waals surface area contributed by atoms with Crippen molar-refractivity contribution >= 4 is 10.9 Å². The zero-order valence-corrected chi connectivity index (χ0v) is 11.9. The molecule has 1 aliphatic rings. The van der Waals surface area contributed by atoms with E-state index in [4.69, 9.17) is 0 Å². The molecule has 0 unspecified atom stereocenters. The number of para-hydroxylation sites is 1. The fourth-order valence-electron chi connectivity index (χ4n) is 3.11. The van der Waals surface area contributed by atoms with Crippen LogP contribution in [0.4, 0.5) is 0 Å². The summed E-state index contributed by atoms with van der Waals surface area (Å²) in [5.74, 6) is 0. The molecule has 1 N–H and O–H groups in total. The molecule has 3 nitrogen and oxygen atoms in total. The summed E-state index contributed by atoms with van der Waals surface area (Å²) < 4.78 is 2.33. The van der Waals surface area contributed by atoms with E-state index in [1.165, 1.54) is 42.5 Å². The van der Waals surface area contributed by atoms with Gasteiger partial charge in [-0.2, -0.15) is 0 Å². The second kappa shape index (κ2) is 5.35. The molecule has 3 heteroatoms. The Hall–Kier alpha value is -1.32. The van der Waals surface area contributed by atoms with Gasteiger partial charge in [0.05, 0.1) is 0 Å². The third-order valence-corrected chi connectivity index (χ3v) is 4.43. The lowest BCUT2D eigenvalue weighted by Crippen LogP contribution is -2.40. The van der Waals surface area contributed by atoms with Crippen molar-refractivity contribution in [1.82, 2.24) is 14.8 Å². The summed E-state index contributed by atoms with van der Waals surface area (Å²) in [6.45, 7) is 3.47. The van der Waals surface area contributed by atoms with E-state index >= 15 is 0 Å². The number of aryl methyl sites for hydroxylation is 1. The first-order valence-electron chi connectivity index (χ1n) is 7.21. The van der Waals surface area contributed by atoms with Crippen LogP contribution in [-0.2, 0) is 13.6 Å². The van der Waals surface area contributed by atoms with Crippen molar-refractivity contribution < 1.29 is 0 Å². The van der Waals surface area contributed by atoms with Gasteiger partial charge in [0.1, 0.15) is 0 Å². The average Bonchev–Trinajstić information content (AvgIpc) is 2.77. The van der Waals surface area contributed by atoms with Gasteiger partial charge in [-0.1, -0.05) is 18.2 Å². The zero-order chi connectivity index (χ0) is 13.2. The molecule has 2 aromatic rings. The maximum absolute atomic E-state index is 3.39. The Morgan fingerprint density at radius 1 is 1.21 bits per heavy atom. The van der Waals surface area contributed by atoms with Gasteiger partial charge in [0, 0.05) is 43.9 Å². The Bertz CT molecular complexity index is 550. The summed E-state index contributed by atoms with van der Waals surface area (Å²) in [6, 6.07) is 11.7. The first-order chi connectivity index (χ1) is 9.28. The molecule has 1 aliphatic heterocycles. The number of likely N-dealkylation sites (tertiary alicyclic amines) is 1. The van der Waals surface area contributed by atoms with Gasteiger partial charge in [0.25, 0.3) is 0 Å². The third-order valence-electron chi connectivity index (χ3n) is 4.43. The summed E-state index contributed by atoms with van der Waals surface area (Å²) in [5, 5.41) is 4.74. The topological polar surface area (TPSA) is 20.2 Å². The Morgan fingerprint density at radius 2 is 1.95 bits per heavy atom. The van der Waals surface area contributed by atoms with Crippen LogP contribution < -0.4 is 5.32 Å². The van der Waals surface area contributed by atoms with Crippen LogP contribution in [0, 0.1) is 0 Å². The molecule has 1 fully saturated rings. The predicted octanol–water partition coefficient (Wildman–Crippen LogP) is 2.36. The molecule has 0 atom stereocenters. The fourth-order valence-corrected chi connectivity index (χ4v) is 3.11. The highest BCUT2D eigenvalue weighted by Crippen LogP contribution is 2.21. The molecular formula is C16H23N3. The number of nitrogens with zero attached hydrogens (tertiary/aromatic N) is 2. The monoisotopic (exact) mass is 257 g/mol. The standard InChI is InChI=1S/C16H23N3/c1-17-14-7-9-19(10-8-14)12-15-11-13-5-3-4-6-16(13)18(15)2/h3-6,11,14,17H,7-10,12H2,1-2H3. The maximum atomic E-state index is 3.39. The number of nitrogens with one attached hydrogen (secondary N) is 1. The minimum absolute atomic E-state index is 0.712. The smallest absolute Gasteiger partial charge is 0.0480 e. The molecule has 102 valence electrons. The van der Waals surface area contributed by atoms with E-state index in [1.807, 2.05) is 0 Å². The van der Waals surface area contributed by atoms with Crippen LogP contribution >= 0.6 is 0 Å². The summed E-state index contributed by atoms with van der Waals surface area (Å²) in [6.07, 6.45) is 2.53. The number of aromatic nitrogens is 1. The molecule has 0 bridgehead atoms. The molecule has 1 aromatic heterocycles. The van der Waals surface area contributed by atoms with Gasteiger partial charge < -0.3 is 9.88 Å². The van der Waals surface area contributed by atoms with E-state index in [2.05, 4.69) is 59.2 Å². The molecule has 1 saturated heterocycles. The quantitative estimate of drug-likeness (QED) is 0.911. The van der Waals surface area contributed by atoms with Crippen molar-refractivity contribution in [2.24, 2.45) is 7.05 Å². The molecule has 0 radical (unpaired) electrons. The first-order valence-corrected chi connectivity index (χ1v) is 7.21.